The first kappa shape index (κ1) is 22.2. The van der Waals surface area contributed by atoms with Crippen LogP contribution in [0.1, 0.15) is 43.7 Å². The van der Waals surface area contributed by atoms with Crippen LogP contribution in [0, 0.1) is 6.92 Å². The molecule has 1 atom stereocenters. The third-order valence-corrected chi connectivity index (χ3v) is 4.96. The molecule has 0 amide bonds. The average molecular weight is 459 g/mol. The Balaban J connectivity index is 0.00000312. The fourth-order valence-electron chi connectivity index (χ4n) is 3.45. The molecule has 0 radical (unpaired) electrons. The number of likely N-dealkylation sites (tertiary alicyclic amines) is 1. The Kier molecular flexibility index (Phi) is 11.0. The van der Waals surface area contributed by atoms with E-state index in [4.69, 9.17) is 0 Å². The molecule has 0 spiro atoms. The van der Waals surface area contributed by atoms with Gasteiger partial charge in [0, 0.05) is 45.1 Å². The second kappa shape index (κ2) is 12.5. The lowest BCUT2D eigenvalue weighted by molar-refractivity contribution is 0.147. The Bertz CT molecular complexity index is 520. The van der Waals surface area contributed by atoms with Gasteiger partial charge in [0.2, 0.25) is 0 Å². The van der Waals surface area contributed by atoms with Crippen LogP contribution in [0.5, 0.6) is 0 Å². The number of piperidine rings is 1. The van der Waals surface area contributed by atoms with Crippen LogP contribution in [0.15, 0.2) is 23.5 Å². The van der Waals surface area contributed by atoms with Crippen LogP contribution in [-0.2, 0) is 6.42 Å². The number of halogens is 1. The van der Waals surface area contributed by atoms with Gasteiger partial charge in [-0.25, -0.2) is 0 Å². The summed E-state index contributed by atoms with van der Waals surface area (Å²) in [7, 11) is 1.84. The van der Waals surface area contributed by atoms with Gasteiger partial charge >= 0.3 is 0 Å². The van der Waals surface area contributed by atoms with Crippen molar-refractivity contribution in [2.45, 2.75) is 52.0 Å². The number of rotatable bonds is 7. The summed E-state index contributed by atoms with van der Waals surface area (Å²) < 4.78 is 0. The van der Waals surface area contributed by atoms with E-state index in [0.717, 1.165) is 38.1 Å². The van der Waals surface area contributed by atoms with Gasteiger partial charge in [-0.1, -0.05) is 13.3 Å². The number of hydrogen-bond donors (Lipinski definition) is 2. The molecular weight excluding hydrogens is 425 g/mol. The summed E-state index contributed by atoms with van der Waals surface area (Å²) in [6, 6.07) is 2.86. The van der Waals surface area contributed by atoms with Crippen LogP contribution in [0.25, 0.3) is 0 Å². The van der Waals surface area contributed by atoms with Gasteiger partial charge in [-0.2, -0.15) is 0 Å². The fourth-order valence-corrected chi connectivity index (χ4v) is 3.45. The Labute approximate surface area is 170 Å². The minimum absolute atomic E-state index is 0. The fraction of sp³-hybridized carbons (Fsp3) is 0.684. The largest absolute Gasteiger partial charge is 0.356 e. The topological polar surface area (TPSA) is 52.5 Å². The summed E-state index contributed by atoms with van der Waals surface area (Å²) in [5.74, 6) is 0.895. The van der Waals surface area contributed by atoms with Crippen molar-refractivity contribution in [2.24, 2.45) is 4.99 Å². The molecule has 6 heteroatoms. The molecule has 2 N–H and O–H groups in total. The Hall–Kier alpha value is -0.890. The van der Waals surface area contributed by atoms with Crippen molar-refractivity contribution in [3.63, 3.8) is 0 Å². The Morgan fingerprint density at radius 2 is 2.12 bits per heavy atom. The van der Waals surface area contributed by atoms with Gasteiger partial charge in [0.15, 0.2) is 5.96 Å². The highest BCUT2D eigenvalue weighted by atomic mass is 127. The summed E-state index contributed by atoms with van der Waals surface area (Å²) in [6.45, 7) is 8.59. The average Bonchev–Trinajstić information content (AvgIpc) is 2.62. The monoisotopic (exact) mass is 459 g/mol. The molecule has 1 aromatic rings. The van der Waals surface area contributed by atoms with E-state index in [9.17, 15) is 0 Å². The number of guanidine groups is 1. The van der Waals surface area contributed by atoms with Gasteiger partial charge < -0.3 is 10.6 Å². The van der Waals surface area contributed by atoms with Crippen molar-refractivity contribution in [3.05, 3.63) is 29.6 Å². The molecule has 0 bridgehead atoms. The van der Waals surface area contributed by atoms with E-state index < -0.39 is 0 Å². The van der Waals surface area contributed by atoms with E-state index in [0.29, 0.717) is 0 Å². The molecule has 25 heavy (non-hydrogen) atoms. The number of aromatic nitrogens is 1. The summed E-state index contributed by atoms with van der Waals surface area (Å²) >= 11 is 0. The molecule has 2 rings (SSSR count). The zero-order valence-corrected chi connectivity index (χ0v) is 18.3. The highest BCUT2D eigenvalue weighted by Gasteiger charge is 2.19. The van der Waals surface area contributed by atoms with Crippen molar-refractivity contribution in [2.75, 3.05) is 33.2 Å². The van der Waals surface area contributed by atoms with Crippen molar-refractivity contribution in [3.8, 4) is 0 Å². The van der Waals surface area contributed by atoms with Gasteiger partial charge in [-0.05, 0) is 56.3 Å². The van der Waals surface area contributed by atoms with Crippen LogP contribution < -0.4 is 10.6 Å². The first-order valence-electron chi connectivity index (χ1n) is 9.32. The lowest BCUT2D eigenvalue weighted by Gasteiger charge is -2.35. The number of hydrogen-bond acceptors (Lipinski definition) is 3. The highest BCUT2D eigenvalue weighted by Crippen LogP contribution is 2.18. The molecule has 2 heterocycles. The van der Waals surface area contributed by atoms with Gasteiger partial charge in [-0.3, -0.25) is 14.9 Å². The van der Waals surface area contributed by atoms with E-state index in [1.54, 1.807) is 0 Å². The minimum atomic E-state index is 0. The SMILES string of the molecule is CCC1CCCCN1CCNC(=NC)NCCc1ccncc1C.I. The standard InChI is InChI=1S/C19H33N5.HI/c1-4-18-7-5-6-13-24(18)14-12-23-19(20-3)22-11-9-17-8-10-21-15-16(17)2;/h8,10,15,18H,4-7,9,11-14H2,1-3H3,(H2,20,22,23);1H. The highest BCUT2D eigenvalue weighted by molar-refractivity contribution is 14.0. The van der Waals surface area contributed by atoms with E-state index in [1.807, 2.05) is 19.4 Å². The van der Waals surface area contributed by atoms with E-state index in [1.165, 1.54) is 43.4 Å². The number of aliphatic imine (C=N–C) groups is 1. The molecule has 1 aromatic heterocycles. The number of pyridine rings is 1. The summed E-state index contributed by atoms with van der Waals surface area (Å²) in [4.78, 5) is 11.1. The molecule has 0 saturated carbocycles. The van der Waals surface area contributed by atoms with Crippen LogP contribution in [0.4, 0.5) is 0 Å². The number of nitrogens with one attached hydrogen (secondary N) is 2. The maximum absolute atomic E-state index is 4.33. The molecule has 1 aliphatic heterocycles. The van der Waals surface area contributed by atoms with Gasteiger partial charge in [0.25, 0.3) is 0 Å². The molecule has 0 aromatic carbocycles. The predicted octanol–water partition coefficient (Wildman–Crippen LogP) is 2.98. The summed E-state index contributed by atoms with van der Waals surface area (Å²) in [5.41, 5.74) is 2.59. The lowest BCUT2D eigenvalue weighted by atomic mass is 10.0. The first-order valence-corrected chi connectivity index (χ1v) is 9.32. The van der Waals surface area contributed by atoms with Gasteiger partial charge in [-0.15, -0.1) is 24.0 Å². The predicted molar refractivity (Wildman–Crippen MR) is 117 cm³/mol. The smallest absolute Gasteiger partial charge is 0.191 e. The normalized spacial score (nSPS) is 18.5. The van der Waals surface area contributed by atoms with E-state index in [-0.39, 0.29) is 24.0 Å². The zero-order valence-electron chi connectivity index (χ0n) is 15.9. The second-order valence-electron chi connectivity index (χ2n) is 6.57. The molecule has 5 nitrogen and oxygen atoms in total. The van der Waals surface area contributed by atoms with E-state index >= 15 is 0 Å². The Morgan fingerprint density at radius 3 is 2.84 bits per heavy atom. The van der Waals surface area contributed by atoms with Crippen LogP contribution >= 0.6 is 24.0 Å². The zero-order chi connectivity index (χ0) is 17.2. The second-order valence-corrected chi connectivity index (χ2v) is 6.57. The molecule has 0 aliphatic carbocycles. The quantitative estimate of drug-likeness (QED) is 0.374. The van der Waals surface area contributed by atoms with Gasteiger partial charge in [0.05, 0.1) is 0 Å². The van der Waals surface area contributed by atoms with Crippen molar-refractivity contribution < 1.29 is 0 Å². The number of aryl methyl sites for hydroxylation is 1. The maximum Gasteiger partial charge on any atom is 0.191 e. The van der Waals surface area contributed by atoms with Crippen molar-refractivity contribution >= 4 is 29.9 Å². The lowest BCUT2D eigenvalue weighted by Crippen LogP contribution is -2.46. The molecular formula is C19H34IN5. The maximum atomic E-state index is 4.33. The molecule has 1 unspecified atom stereocenters. The molecule has 1 aliphatic rings. The first-order chi connectivity index (χ1) is 11.7. The number of nitrogens with zero attached hydrogens (tertiary/aromatic N) is 3. The van der Waals surface area contributed by atoms with Crippen LogP contribution in [0.2, 0.25) is 0 Å². The third-order valence-electron chi connectivity index (χ3n) is 4.96. The summed E-state index contributed by atoms with van der Waals surface area (Å²) in [5, 5.41) is 6.86. The van der Waals surface area contributed by atoms with Crippen LogP contribution in [-0.4, -0.2) is 55.1 Å². The van der Waals surface area contributed by atoms with Crippen LogP contribution in [0.3, 0.4) is 0 Å². The molecule has 1 fully saturated rings. The van der Waals surface area contributed by atoms with E-state index in [2.05, 4.69) is 45.4 Å². The molecule has 1 saturated heterocycles. The minimum Gasteiger partial charge on any atom is -0.356 e. The third kappa shape index (κ3) is 7.48. The van der Waals surface area contributed by atoms with Crippen molar-refractivity contribution in [1.82, 2.24) is 20.5 Å². The summed E-state index contributed by atoms with van der Waals surface area (Å²) in [6.07, 6.45) is 10.1. The van der Waals surface area contributed by atoms with Gasteiger partial charge in [0.1, 0.15) is 0 Å². The van der Waals surface area contributed by atoms with Crippen molar-refractivity contribution in [1.29, 1.82) is 0 Å². The molecule has 142 valence electrons. The Morgan fingerprint density at radius 1 is 1.32 bits per heavy atom.